The Morgan fingerprint density at radius 3 is 1.55 bits per heavy atom. The van der Waals surface area contributed by atoms with Gasteiger partial charge in [0.25, 0.3) is 0 Å². The van der Waals surface area contributed by atoms with E-state index in [0.717, 1.165) is 22.3 Å². The van der Waals surface area contributed by atoms with Gasteiger partial charge in [-0.2, -0.15) is 8.42 Å². The number of hydrogen-bond donors (Lipinski definition) is 4. The van der Waals surface area contributed by atoms with E-state index in [2.05, 4.69) is 18.2 Å². The second kappa shape index (κ2) is 11.6. The first kappa shape index (κ1) is 23.8. The Balaban J connectivity index is 0.000000628. The van der Waals surface area contributed by atoms with Crippen LogP contribution in [-0.4, -0.2) is 22.6 Å². The van der Waals surface area contributed by atoms with Crippen LogP contribution in [0.1, 0.15) is 22.3 Å². The molecule has 0 radical (unpaired) electrons. The normalized spacial score (nSPS) is 11.0. The summed E-state index contributed by atoms with van der Waals surface area (Å²) in [6.07, 6.45) is 8.04. The summed E-state index contributed by atoms with van der Waals surface area (Å²) in [4.78, 5) is 0. The lowest BCUT2D eigenvalue weighted by molar-refractivity contribution is 0.381. The largest absolute Gasteiger partial charge is 0.507 e. The lowest BCUT2D eigenvalue weighted by atomic mass is 10.0. The standard InChI is InChI=1S/C22H18O.H3N.H2O4S/c23-22-13-7-12-20(16-14-18-8-3-1-4-9-18)21(22)17-15-19-10-5-2-6-11-19;;1-5(2,3)4/h1-17,23H;1H3;(H2,1,2,3,4). The van der Waals surface area contributed by atoms with Crippen LogP contribution in [0.2, 0.25) is 0 Å². The van der Waals surface area contributed by atoms with Crippen molar-refractivity contribution in [3.63, 3.8) is 0 Å². The van der Waals surface area contributed by atoms with Crippen molar-refractivity contribution in [2.45, 2.75) is 0 Å². The van der Waals surface area contributed by atoms with E-state index in [-0.39, 0.29) is 11.9 Å². The summed E-state index contributed by atoms with van der Waals surface area (Å²) in [6, 6.07) is 25.8. The molecule has 0 atom stereocenters. The lowest BCUT2D eigenvalue weighted by Crippen LogP contribution is -1.89. The van der Waals surface area contributed by atoms with Crippen molar-refractivity contribution in [3.05, 3.63) is 101 Å². The number of hydrogen-bond acceptors (Lipinski definition) is 4. The molecule has 3 aromatic rings. The molecule has 152 valence electrons. The first-order valence-corrected chi connectivity index (χ1v) is 9.71. The minimum Gasteiger partial charge on any atom is -0.507 e. The minimum absolute atomic E-state index is 0. The zero-order chi connectivity index (χ0) is 20.4. The van der Waals surface area contributed by atoms with Crippen LogP contribution < -0.4 is 6.15 Å². The molecule has 0 saturated carbocycles. The molecule has 3 aromatic carbocycles. The highest BCUT2D eigenvalue weighted by Crippen LogP contribution is 2.25. The monoisotopic (exact) mass is 413 g/mol. The molecule has 0 heterocycles. The van der Waals surface area contributed by atoms with Gasteiger partial charge >= 0.3 is 10.4 Å². The molecule has 0 saturated heterocycles. The molecule has 0 aliphatic rings. The van der Waals surface area contributed by atoms with Crippen molar-refractivity contribution in [2.75, 3.05) is 0 Å². The van der Waals surface area contributed by atoms with Crippen molar-refractivity contribution in [2.24, 2.45) is 0 Å². The van der Waals surface area contributed by atoms with E-state index in [1.54, 1.807) is 6.07 Å². The molecular weight excluding hydrogens is 390 g/mol. The number of benzene rings is 3. The van der Waals surface area contributed by atoms with Crippen LogP contribution in [0.15, 0.2) is 78.9 Å². The Kier molecular flexibility index (Phi) is 9.50. The van der Waals surface area contributed by atoms with Gasteiger partial charge in [0.2, 0.25) is 0 Å². The molecule has 0 aromatic heterocycles. The molecule has 0 aliphatic carbocycles. The van der Waals surface area contributed by atoms with Gasteiger partial charge < -0.3 is 11.3 Å². The molecule has 7 heteroatoms. The third-order valence-electron chi connectivity index (χ3n) is 3.61. The molecule has 0 spiro atoms. The molecule has 0 fully saturated rings. The topological polar surface area (TPSA) is 130 Å². The van der Waals surface area contributed by atoms with Crippen molar-refractivity contribution in [3.8, 4) is 5.75 Å². The highest BCUT2D eigenvalue weighted by atomic mass is 32.3. The van der Waals surface area contributed by atoms with E-state index in [1.165, 1.54) is 0 Å². The Morgan fingerprint density at radius 1 is 0.621 bits per heavy atom. The van der Waals surface area contributed by atoms with Gasteiger partial charge in [0, 0.05) is 5.56 Å². The Morgan fingerprint density at radius 2 is 1.07 bits per heavy atom. The highest BCUT2D eigenvalue weighted by Gasteiger charge is 2.02. The van der Waals surface area contributed by atoms with E-state index < -0.39 is 10.4 Å². The van der Waals surface area contributed by atoms with E-state index in [1.807, 2.05) is 78.9 Å². The smallest absolute Gasteiger partial charge is 0.394 e. The Labute approximate surface area is 170 Å². The SMILES string of the molecule is N.O=S(=O)(O)O.Oc1cccc(C=Cc2ccccc2)c1C=Cc1ccccc1. The first-order valence-electron chi connectivity index (χ1n) is 8.31. The van der Waals surface area contributed by atoms with E-state index in [0.29, 0.717) is 0 Å². The summed E-state index contributed by atoms with van der Waals surface area (Å²) >= 11 is 0. The fourth-order valence-corrected chi connectivity index (χ4v) is 2.39. The molecule has 3 rings (SSSR count). The fourth-order valence-electron chi connectivity index (χ4n) is 2.39. The first-order chi connectivity index (χ1) is 13.3. The predicted octanol–water partition coefficient (Wildman–Crippen LogP) is 5.24. The fraction of sp³-hybridized carbons (Fsp3) is 0. The quantitative estimate of drug-likeness (QED) is 0.342. The molecular formula is C22H23NO5S. The van der Waals surface area contributed by atoms with Gasteiger partial charge in [-0.15, -0.1) is 0 Å². The summed E-state index contributed by atoms with van der Waals surface area (Å²) in [5.74, 6) is 0.285. The summed E-state index contributed by atoms with van der Waals surface area (Å²) < 4.78 is 31.6. The molecule has 6 N–H and O–H groups in total. The van der Waals surface area contributed by atoms with Crippen LogP contribution in [0.5, 0.6) is 5.75 Å². The second-order valence-electron chi connectivity index (χ2n) is 5.72. The van der Waals surface area contributed by atoms with Gasteiger partial charge in [-0.25, -0.2) is 0 Å². The van der Waals surface area contributed by atoms with Gasteiger partial charge in [0.15, 0.2) is 0 Å². The molecule has 29 heavy (non-hydrogen) atoms. The van der Waals surface area contributed by atoms with Gasteiger partial charge in [-0.3, -0.25) is 9.11 Å². The van der Waals surface area contributed by atoms with Gasteiger partial charge in [-0.05, 0) is 22.8 Å². The Bertz CT molecular complexity index is 1040. The predicted molar refractivity (Wildman–Crippen MR) is 118 cm³/mol. The van der Waals surface area contributed by atoms with Gasteiger partial charge in [0.1, 0.15) is 5.75 Å². The molecule has 6 nitrogen and oxygen atoms in total. The maximum atomic E-state index is 10.2. The van der Waals surface area contributed by atoms with E-state index >= 15 is 0 Å². The zero-order valence-electron chi connectivity index (χ0n) is 15.6. The van der Waals surface area contributed by atoms with Crippen LogP contribution in [0.25, 0.3) is 24.3 Å². The zero-order valence-corrected chi connectivity index (χ0v) is 16.4. The van der Waals surface area contributed by atoms with Crippen LogP contribution in [0.3, 0.4) is 0 Å². The molecule has 0 unspecified atom stereocenters. The maximum Gasteiger partial charge on any atom is 0.394 e. The maximum absolute atomic E-state index is 10.2. The minimum atomic E-state index is -4.67. The van der Waals surface area contributed by atoms with E-state index in [9.17, 15) is 5.11 Å². The summed E-state index contributed by atoms with van der Waals surface area (Å²) in [7, 11) is -4.67. The third-order valence-corrected chi connectivity index (χ3v) is 3.61. The van der Waals surface area contributed by atoms with Crippen LogP contribution >= 0.6 is 0 Å². The molecule has 0 aliphatic heterocycles. The number of rotatable bonds is 4. The van der Waals surface area contributed by atoms with E-state index in [4.69, 9.17) is 17.5 Å². The van der Waals surface area contributed by atoms with Crippen molar-refractivity contribution < 1.29 is 22.6 Å². The third kappa shape index (κ3) is 9.50. The van der Waals surface area contributed by atoms with Crippen LogP contribution in [-0.2, 0) is 10.4 Å². The second-order valence-corrected chi connectivity index (χ2v) is 6.61. The average molecular weight is 413 g/mol. The summed E-state index contributed by atoms with van der Waals surface area (Å²) in [6.45, 7) is 0. The molecule has 0 bridgehead atoms. The highest BCUT2D eigenvalue weighted by molar-refractivity contribution is 7.79. The van der Waals surface area contributed by atoms with Crippen LogP contribution in [0, 0.1) is 0 Å². The Hall–Kier alpha value is -3.23. The lowest BCUT2D eigenvalue weighted by Gasteiger charge is -2.04. The van der Waals surface area contributed by atoms with Crippen LogP contribution in [0.4, 0.5) is 0 Å². The average Bonchev–Trinajstić information content (AvgIpc) is 2.66. The van der Waals surface area contributed by atoms with Gasteiger partial charge in [-0.1, -0.05) is 97.1 Å². The van der Waals surface area contributed by atoms with Crippen molar-refractivity contribution >= 4 is 34.7 Å². The van der Waals surface area contributed by atoms with Gasteiger partial charge in [0.05, 0.1) is 0 Å². The summed E-state index contributed by atoms with van der Waals surface area (Å²) in [5, 5.41) is 10.2. The van der Waals surface area contributed by atoms with Crippen molar-refractivity contribution in [1.29, 1.82) is 0 Å². The summed E-state index contributed by atoms with van der Waals surface area (Å²) in [5.41, 5.74) is 4.05. The number of phenolic OH excluding ortho intramolecular Hbond substituents is 1. The number of phenols is 1. The van der Waals surface area contributed by atoms with Crippen molar-refractivity contribution in [1.82, 2.24) is 6.15 Å². The number of aromatic hydroxyl groups is 1. The molecule has 0 amide bonds.